The summed E-state index contributed by atoms with van der Waals surface area (Å²) >= 11 is 0. The molecule has 6 heteroatoms. The van der Waals surface area contributed by atoms with E-state index in [-0.39, 0.29) is 12.5 Å². The van der Waals surface area contributed by atoms with Gasteiger partial charge in [0.15, 0.2) is 0 Å². The summed E-state index contributed by atoms with van der Waals surface area (Å²) in [6, 6.07) is 13.5. The summed E-state index contributed by atoms with van der Waals surface area (Å²) < 4.78 is 9.92. The van der Waals surface area contributed by atoms with Gasteiger partial charge in [0.25, 0.3) is 0 Å². The molecule has 0 saturated heterocycles. The van der Waals surface area contributed by atoms with Crippen LogP contribution < -0.4 is 5.32 Å². The van der Waals surface area contributed by atoms with Gasteiger partial charge in [0.05, 0.1) is 18.2 Å². The number of hydrogen-bond acceptors (Lipinski definition) is 5. The van der Waals surface area contributed by atoms with Crippen LogP contribution in [0.5, 0.6) is 0 Å². The van der Waals surface area contributed by atoms with E-state index in [0.717, 1.165) is 5.56 Å². The molecule has 6 nitrogen and oxygen atoms in total. The standard InChI is InChI=1S/C19H19NO5/c1-13(21)20-11-14-6-8-16(9-7-14)19(23)25-12-15-4-3-5-17(10-15)18(22)24-2/h3-10H,11-12H2,1-2H3,(H,20,21). The second-order valence-corrected chi connectivity index (χ2v) is 5.37. The summed E-state index contributed by atoms with van der Waals surface area (Å²) in [6.07, 6.45) is 0. The number of amides is 1. The SMILES string of the molecule is COC(=O)c1cccc(COC(=O)c2ccc(CNC(C)=O)cc2)c1. The molecule has 25 heavy (non-hydrogen) atoms. The lowest BCUT2D eigenvalue weighted by Crippen LogP contribution is -2.18. The monoisotopic (exact) mass is 341 g/mol. The second kappa shape index (κ2) is 8.63. The first-order valence-corrected chi connectivity index (χ1v) is 7.67. The van der Waals surface area contributed by atoms with E-state index in [2.05, 4.69) is 10.1 Å². The largest absolute Gasteiger partial charge is 0.465 e. The maximum Gasteiger partial charge on any atom is 0.338 e. The highest BCUT2D eigenvalue weighted by molar-refractivity contribution is 5.90. The van der Waals surface area contributed by atoms with E-state index in [1.54, 1.807) is 48.5 Å². The van der Waals surface area contributed by atoms with E-state index in [1.807, 2.05) is 0 Å². The highest BCUT2D eigenvalue weighted by Crippen LogP contribution is 2.11. The van der Waals surface area contributed by atoms with Gasteiger partial charge in [0.2, 0.25) is 5.91 Å². The molecule has 0 aliphatic carbocycles. The molecule has 0 bridgehead atoms. The molecule has 0 fully saturated rings. The molecule has 2 aromatic carbocycles. The van der Waals surface area contributed by atoms with Gasteiger partial charge in [-0.1, -0.05) is 24.3 Å². The Balaban J connectivity index is 1.94. The number of rotatable bonds is 6. The van der Waals surface area contributed by atoms with Crippen LogP contribution in [0.15, 0.2) is 48.5 Å². The molecule has 2 rings (SSSR count). The number of benzene rings is 2. The minimum absolute atomic E-state index is 0.0529. The first-order valence-electron chi connectivity index (χ1n) is 7.67. The van der Waals surface area contributed by atoms with Crippen LogP contribution >= 0.6 is 0 Å². The number of carbonyl (C=O) groups is 3. The number of hydrogen-bond donors (Lipinski definition) is 1. The van der Waals surface area contributed by atoms with E-state index in [9.17, 15) is 14.4 Å². The van der Waals surface area contributed by atoms with Crippen LogP contribution in [0.3, 0.4) is 0 Å². The smallest absolute Gasteiger partial charge is 0.338 e. The molecule has 0 spiro atoms. The number of esters is 2. The molecular weight excluding hydrogens is 322 g/mol. The third kappa shape index (κ3) is 5.46. The highest BCUT2D eigenvalue weighted by Gasteiger charge is 2.09. The summed E-state index contributed by atoms with van der Waals surface area (Å²) in [6.45, 7) is 1.91. The Morgan fingerprint density at radius 3 is 2.28 bits per heavy atom. The van der Waals surface area contributed by atoms with E-state index < -0.39 is 11.9 Å². The van der Waals surface area contributed by atoms with Crippen molar-refractivity contribution in [3.8, 4) is 0 Å². The van der Waals surface area contributed by atoms with Gasteiger partial charge in [-0.05, 0) is 35.4 Å². The quantitative estimate of drug-likeness (QED) is 0.816. The molecule has 1 N–H and O–H groups in total. The van der Waals surface area contributed by atoms with Crippen molar-refractivity contribution in [3.63, 3.8) is 0 Å². The van der Waals surface area contributed by atoms with E-state index >= 15 is 0 Å². The van der Waals surface area contributed by atoms with Crippen LogP contribution in [0.2, 0.25) is 0 Å². The van der Waals surface area contributed by atoms with Gasteiger partial charge in [-0.15, -0.1) is 0 Å². The topological polar surface area (TPSA) is 81.7 Å². The lowest BCUT2D eigenvalue weighted by Gasteiger charge is -2.07. The molecule has 0 aliphatic rings. The Morgan fingerprint density at radius 2 is 1.64 bits per heavy atom. The molecule has 0 radical (unpaired) electrons. The molecule has 2 aromatic rings. The van der Waals surface area contributed by atoms with Crippen molar-refractivity contribution in [2.45, 2.75) is 20.1 Å². The van der Waals surface area contributed by atoms with Crippen molar-refractivity contribution in [1.82, 2.24) is 5.32 Å². The minimum Gasteiger partial charge on any atom is -0.465 e. The normalized spacial score (nSPS) is 10.0. The van der Waals surface area contributed by atoms with E-state index in [4.69, 9.17) is 4.74 Å². The van der Waals surface area contributed by atoms with Crippen molar-refractivity contribution in [2.75, 3.05) is 7.11 Å². The van der Waals surface area contributed by atoms with Crippen molar-refractivity contribution < 1.29 is 23.9 Å². The van der Waals surface area contributed by atoms with Crippen molar-refractivity contribution in [1.29, 1.82) is 0 Å². The van der Waals surface area contributed by atoms with Gasteiger partial charge in [-0.2, -0.15) is 0 Å². The summed E-state index contributed by atoms with van der Waals surface area (Å²) in [5.74, 6) is -1.02. The van der Waals surface area contributed by atoms with Gasteiger partial charge in [-0.25, -0.2) is 9.59 Å². The fraction of sp³-hybridized carbons (Fsp3) is 0.211. The summed E-state index contributed by atoms with van der Waals surface area (Å²) in [5, 5.41) is 2.68. The molecule has 0 saturated carbocycles. The lowest BCUT2D eigenvalue weighted by atomic mass is 10.1. The first kappa shape index (κ1) is 18.2. The average molecular weight is 341 g/mol. The molecule has 0 aliphatic heterocycles. The van der Waals surface area contributed by atoms with Crippen LogP contribution in [-0.4, -0.2) is 25.0 Å². The number of nitrogens with one attached hydrogen (secondary N) is 1. The predicted molar refractivity (Wildman–Crippen MR) is 90.9 cm³/mol. The second-order valence-electron chi connectivity index (χ2n) is 5.37. The van der Waals surface area contributed by atoms with Gasteiger partial charge in [0, 0.05) is 13.5 Å². The molecule has 1 amide bonds. The summed E-state index contributed by atoms with van der Waals surface area (Å²) in [5.41, 5.74) is 2.39. The fourth-order valence-electron chi connectivity index (χ4n) is 2.12. The fourth-order valence-corrected chi connectivity index (χ4v) is 2.12. The Kier molecular flexibility index (Phi) is 6.28. The van der Waals surface area contributed by atoms with Gasteiger partial charge in [0.1, 0.15) is 6.61 Å². The molecule has 130 valence electrons. The molecular formula is C19H19NO5. The molecule has 0 atom stereocenters. The summed E-state index contributed by atoms with van der Waals surface area (Å²) in [4.78, 5) is 34.5. The maximum atomic E-state index is 12.1. The third-order valence-corrected chi connectivity index (χ3v) is 3.45. The van der Waals surface area contributed by atoms with E-state index in [1.165, 1.54) is 14.0 Å². The Morgan fingerprint density at radius 1 is 0.920 bits per heavy atom. The van der Waals surface area contributed by atoms with Crippen molar-refractivity contribution in [2.24, 2.45) is 0 Å². The predicted octanol–water partition coefficient (Wildman–Crippen LogP) is 2.47. The van der Waals surface area contributed by atoms with Crippen LogP contribution in [0.25, 0.3) is 0 Å². The highest BCUT2D eigenvalue weighted by atomic mass is 16.5. The zero-order chi connectivity index (χ0) is 18.2. The van der Waals surface area contributed by atoms with Gasteiger partial charge < -0.3 is 14.8 Å². The zero-order valence-corrected chi connectivity index (χ0v) is 14.1. The number of ether oxygens (including phenoxy) is 2. The average Bonchev–Trinajstić information content (AvgIpc) is 2.64. The lowest BCUT2D eigenvalue weighted by molar-refractivity contribution is -0.119. The Hall–Kier alpha value is -3.15. The maximum absolute atomic E-state index is 12.1. The molecule has 0 heterocycles. The summed E-state index contributed by atoms with van der Waals surface area (Å²) in [7, 11) is 1.31. The zero-order valence-electron chi connectivity index (χ0n) is 14.1. The first-order chi connectivity index (χ1) is 12.0. The Bertz CT molecular complexity index is 768. The van der Waals surface area contributed by atoms with Crippen molar-refractivity contribution >= 4 is 17.8 Å². The van der Waals surface area contributed by atoms with Gasteiger partial charge >= 0.3 is 11.9 Å². The third-order valence-electron chi connectivity index (χ3n) is 3.45. The van der Waals surface area contributed by atoms with Crippen LogP contribution in [0.4, 0.5) is 0 Å². The van der Waals surface area contributed by atoms with Crippen molar-refractivity contribution in [3.05, 3.63) is 70.8 Å². The van der Waals surface area contributed by atoms with Crippen LogP contribution in [0, 0.1) is 0 Å². The minimum atomic E-state index is -0.463. The number of methoxy groups -OCH3 is 1. The van der Waals surface area contributed by atoms with E-state index in [0.29, 0.717) is 23.2 Å². The number of carbonyl (C=O) groups excluding carboxylic acids is 3. The Labute approximate surface area is 145 Å². The van der Waals surface area contributed by atoms with Crippen LogP contribution in [-0.2, 0) is 27.4 Å². The molecule has 0 aromatic heterocycles. The van der Waals surface area contributed by atoms with Gasteiger partial charge in [-0.3, -0.25) is 4.79 Å². The molecule has 0 unspecified atom stereocenters. The van der Waals surface area contributed by atoms with Crippen LogP contribution in [0.1, 0.15) is 38.8 Å².